The Morgan fingerprint density at radius 3 is 2.62 bits per heavy atom. The van der Waals surface area contributed by atoms with Crippen molar-refractivity contribution in [1.82, 2.24) is 14.9 Å². The minimum atomic E-state index is -2.86. The number of hydrogen-bond acceptors (Lipinski definition) is 5. The Bertz CT molecular complexity index is 633. The SMILES string of the molecule is C=C(Cl)CSc1nnc(-c2ccc(OC(F)F)cc2)n1N. The second-order valence-corrected chi connectivity index (χ2v) is 5.36. The molecule has 0 fully saturated rings. The number of alkyl halides is 2. The molecule has 0 saturated carbocycles. The number of nitrogens with two attached hydrogens (primary N) is 1. The third-order valence-electron chi connectivity index (χ3n) is 2.36. The minimum absolute atomic E-state index is 0.0601. The molecule has 0 bridgehead atoms. The highest BCUT2D eigenvalue weighted by Crippen LogP contribution is 2.25. The molecular formula is C12H11ClF2N4OS. The van der Waals surface area contributed by atoms with Crippen LogP contribution in [0.5, 0.6) is 5.75 Å². The molecule has 0 unspecified atom stereocenters. The summed E-state index contributed by atoms with van der Waals surface area (Å²) in [6, 6.07) is 5.95. The van der Waals surface area contributed by atoms with Crippen LogP contribution in [0.3, 0.4) is 0 Å². The molecule has 21 heavy (non-hydrogen) atoms. The van der Waals surface area contributed by atoms with E-state index in [4.69, 9.17) is 17.4 Å². The van der Waals surface area contributed by atoms with E-state index < -0.39 is 6.61 Å². The van der Waals surface area contributed by atoms with E-state index in [1.807, 2.05) is 0 Å². The van der Waals surface area contributed by atoms with Crippen molar-refractivity contribution in [3.05, 3.63) is 35.9 Å². The number of hydrogen-bond donors (Lipinski definition) is 1. The number of ether oxygens (including phenoxy) is 1. The zero-order chi connectivity index (χ0) is 15.4. The second kappa shape index (κ2) is 6.77. The van der Waals surface area contributed by atoms with E-state index >= 15 is 0 Å². The third-order valence-corrected chi connectivity index (χ3v) is 3.68. The van der Waals surface area contributed by atoms with Crippen LogP contribution in [-0.4, -0.2) is 27.2 Å². The van der Waals surface area contributed by atoms with E-state index in [1.165, 1.54) is 28.6 Å². The number of aromatic nitrogens is 3. The predicted octanol–water partition coefficient (Wildman–Crippen LogP) is 3.10. The number of benzene rings is 1. The molecule has 0 saturated heterocycles. The van der Waals surface area contributed by atoms with Crippen LogP contribution < -0.4 is 10.6 Å². The number of nitrogens with zero attached hydrogens (tertiary/aromatic N) is 3. The second-order valence-electron chi connectivity index (χ2n) is 3.89. The summed E-state index contributed by atoms with van der Waals surface area (Å²) in [5.41, 5.74) is 0.628. The average Bonchev–Trinajstić information content (AvgIpc) is 2.78. The van der Waals surface area contributed by atoms with Crippen LogP contribution in [0.15, 0.2) is 41.0 Å². The van der Waals surface area contributed by atoms with Crippen LogP contribution in [0.25, 0.3) is 11.4 Å². The first-order valence-corrected chi connectivity index (χ1v) is 7.05. The summed E-state index contributed by atoms with van der Waals surface area (Å²) in [6.07, 6.45) is 0. The normalized spacial score (nSPS) is 10.9. The highest BCUT2D eigenvalue weighted by molar-refractivity contribution is 7.99. The molecule has 1 heterocycles. The largest absolute Gasteiger partial charge is 0.435 e. The van der Waals surface area contributed by atoms with Crippen LogP contribution in [-0.2, 0) is 0 Å². The van der Waals surface area contributed by atoms with Crippen LogP contribution in [0.1, 0.15) is 0 Å². The Hall–Kier alpha value is -1.80. The molecule has 0 aliphatic carbocycles. The van der Waals surface area contributed by atoms with Crippen LogP contribution in [0.2, 0.25) is 0 Å². The highest BCUT2D eigenvalue weighted by atomic mass is 35.5. The Balaban J connectivity index is 2.16. The minimum Gasteiger partial charge on any atom is -0.435 e. The van der Waals surface area contributed by atoms with Crippen molar-refractivity contribution in [2.45, 2.75) is 11.8 Å². The molecule has 112 valence electrons. The maximum Gasteiger partial charge on any atom is 0.387 e. The van der Waals surface area contributed by atoms with Crippen molar-refractivity contribution in [2.24, 2.45) is 0 Å². The van der Waals surface area contributed by atoms with Gasteiger partial charge < -0.3 is 10.6 Å². The maximum absolute atomic E-state index is 12.1. The number of rotatable bonds is 6. The maximum atomic E-state index is 12.1. The van der Waals surface area contributed by atoms with E-state index in [-0.39, 0.29) is 5.75 Å². The topological polar surface area (TPSA) is 66.0 Å². The standard InChI is InChI=1S/C12H11ClF2N4OS/c1-7(13)6-21-12-18-17-10(19(12)16)8-2-4-9(5-3-8)20-11(14)15/h2-5,11H,1,6,16H2. The van der Waals surface area contributed by atoms with Crippen LogP contribution >= 0.6 is 23.4 Å². The van der Waals surface area contributed by atoms with E-state index in [0.29, 0.717) is 27.3 Å². The molecule has 0 atom stereocenters. The first kappa shape index (κ1) is 15.6. The van der Waals surface area contributed by atoms with Gasteiger partial charge in [-0.1, -0.05) is 29.9 Å². The first-order valence-electron chi connectivity index (χ1n) is 5.69. The van der Waals surface area contributed by atoms with Gasteiger partial charge in [0.2, 0.25) is 5.16 Å². The molecule has 1 aromatic carbocycles. The van der Waals surface area contributed by atoms with Crippen molar-refractivity contribution in [1.29, 1.82) is 0 Å². The summed E-state index contributed by atoms with van der Waals surface area (Å²) in [4.78, 5) is 0. The molecule has 5 nitrogen and oxygen atoms in total. The van der Waals surface area contributed by atoms with E-state index in [1.54, 1.807) is 12.1 Å². The van der Waals surface area contributed by atoms with Crippen LogP contribution in [0.4, 0.5) is 8.78 Å². The molecule has 0 spiro atoms. The van der Waals surface area contributed by atoms with E-state index in [0.717, 1.165) is 0 Å². The fourth-order valence-corrected chi connectivity index (χ4v) is 2.27. The zero-order valence-corrected chi connectivity index (χ0v) is 12.2. The molecule has 2 N–H and O–H groups in total. The lowest BCUT2D eigenvalue weighted by Gasteiger charge is -2.06. The van der Waals surface area contributed by atoms with Gasteiger partial charge in [0.15, 0.2) is 5.82 Å². The van der Waals surface area contributed by atoms with Crippen LogP contribution in [0, 0.1) is 0 Å². The van der Waals surface area contributed by atoms with Gasteiger partial charge in [-0.05, 0) is 24.3 Å². The van der Waals surface area contributed by atoms with Crippen molar-refractivity contribution < 1.29 is 13.5 Å². The fraction of sp³-hybridized carbons (Fsp3) is 0.167. The van der Waals surface area contributed by atoms with Gasteiger partial charge >= 0.3 is 6.61 Å². The lowest BCUT2D eigenvalue weighted by atomic mass is 10.2. The Kier molecular flexibility index (Phi) is 5.03. The Morgan fingerprint density at radius 2 is 2.05 bits per heavy atom. The Labute approximate surface area is 128 Å². The number of thioether (sulfide) groups is 1. The third kappa shape index (κ3) is 4.08. The molecule has 0 radical (unpaired) electrons. The molecule has 0 aliphatic rings. The molecule has 1 aromatic heterocycles. The lowest BCUT2D eigenvalue weighted by Crippen LogP contribution is -2.11. The van der Waals surface area contributed by atoms with Gasteiger partial charge in [-0.2, -0.15) is 8.78 Å². The molecular weight excluding hydrogens is 322 g/mol. The van der Waals surface area contributed by atoms with Gasteiger partial charge in [0, 0.05) is 16.3 Å². The molecule has 0 aliphatic heterocycles. The van der Waals surface area contributed by atoms with Gasteiger partial charge in [0.1, 0.15) is 5.75 Å². The zero-order valence-electron chi connectivity index (χ0n) is 10.7. The smallest absolute Gasteiger partial charge is 0.387 e. The van der Waals surface area contributed by atoms with E-state index in [9.17, 15) is 8.78 Å². The van der Waals surface area contributed by atoms with Crippen molar-refractivity contribution >= 4 is 23.4 Å². The molecule has 2 aromatic rings. The van der Waals surface area contributed by atoms with Gasteiger partial charge in [-0.25, -0.2) is 4.68 Å². The van der Waals surface area contributed by atoms with Gasteiger partial charge in [0.25, 0.3) is 0 Å². The first-order chi connectivity index (χ1) is 9.97. The fourth-order valence-electron chi connectivity index (χ4n) is 1.50. The van der Waals surface area contributed by atoms with Crippen molar-refractivity contribution in [3.63, 3.8) is 0 Å². The summed E-state index contributed by atoms with van der Waals surface area (Å²) in [5, 5.41) is 8.84. The molecule has 0 amide bonds. The van der Waals surface area contributed by atoms with Gasteiger partial charge in [0.05, 0.1) is 0 Å². The number of nitrogen functional groups attached to an aromatic ring is 1. The summed E-state index contributed by atoms with van der Waals surface area (Å²) in [6.45, 7) is 0.709. The summed E-state index contributed by atoms with van der Waals surface area (Å²) in [5.74, 6) is 6.81. The lowest BCUT2D eigenvalue weighted by molar-refractivity contribution is -0.0498. The van der Waals surface area contributed by atoms with Gasteiger partial charge in [-0.3, -0.25) is 0 Å². The van der Waals surface area contributed by atoms with Crippen molar-refractivity contribution in [3.8, 4) is 17.1 Å². The summed E-state index contributed by atoms with van der Waals surface area (Å²) in [7, 11) is 0. The van der Waals surface area contributed by atoms with Gasteiger partial charge in [-0.15, -0.1) is 10.2 Å². The monoisotopic (exact) mass is 332 g/mol. The average molecular weight is 333 g/mol. The molecule has 2 rings (SSSR count). The molecule has 9 heteroatoms. The van der Waals surface area contributed by atoms with E-state index in [2.05, 4.69) is 21.5 Å². The quantitative estimate of drug-likeness (QED) is 0.650. The predicted molar refractivity (Wildman–Crippen MR) is 78.0 cm³/mol. The Morgan fingerprint density at radius 1 is 1.38 bits per heavy atom. The van der Waals surface area contributed by atoms with Crippen molar-refractivity contribution in [2.75, 3.05) is 11.6 Å². The summed E-state index contributed by atoms with van der Waals surface area (Å²) < 4.78 is 29.7. The highest BCUT2D eigenvalue weighted by Gasteiger charge is 2.13. The summed E-state index contributed by atoms with van der Waals surface area (Å²) >= 11 is 6.97. The number of halogens is 3.